The second kappa shape index (κ2) is 10.6. The highest BCUT2D eigenvalue weighted by molar-refractivity contribution is 6.16. The number of pyridine rings is 2. The molecule has 4 nitrogen and oxygen atoms in total. The largest absolute Gasteiger partial charge is 0.456 e. The fourth-order valence-electron chi connectivity index (χ4n) is 8.85. The molecule has 0 radical (unpaired) electrons. The Morgan fingerprint density at radius 3 is 1.94 bits per heavy atom. The maximum Gasteiger partial charge on any atom is 0.137 e. The minimum Gasteiger partial charge on any atom is -0.456 e. The van der Waals surface area contributed by atoms with Crippen molar-refractivity contribution in [3.05, 3.63) is 199 Å². The van der Waals surface area contributed by atoms with Crippen molar-refractivity contribution in [3.8, 4) is 33.5 Å². The van der Waals surface area contributed by atoms with E-state index in [1.54, 1.807) is 6.20 Å². The van der Waals surface area contributed by atoms with E-state index < -0.39 is 5.41 Å². The summed E-state index contributed by atoms with van der Waals surface area (Å²) in [5, 5.41) is 2.26. The summed E-state index contributed by atoms with van der Waals surface area (Å²) in [6.07, 6.45) is 5.54. The molecule has 0 bridgehead atoms. The van der Waals surface area contributed by atoms with Crippen molar-refractivity contribution in [3.63, 3.8) is 0 Å². The van der Waals surface area contributed by atoms with E-state index in [-0.39, 0.29) is 0 Å². The topological polar surface area (TPSA) is 42.2 Å². The number of aromatic nitrogens is 2. The molecule has 0 N–H and O–H groups in total. The lowest BCUT2D eigenvalue weighted by molar-refractivity contribution is 0.668. The lowest BCUT2D eigenvalue weighted by Crippen LogP contribution is -2.25. The summed E-state index contributed by atoms with van der Waals surface area (Å²) >= 11 is 0. The number of hydrogen-bond donors (Lipinski definition) is 0. The molecule has 2 aliphatic rings. The molecule has 11 rings (SSSR count). The van der Waals surface area contributed by atoms with Gasteiger partial charge in [0.1, 0.15) is 11.2 Å². The van der Waals surface area contributed by atoms with E-state index in [2.05, 4.69) is 148 Å². The first-order valence-corrected chi connectivity index (χ1v) is 17.3. The van der Waals surface area contributed by atoms with Gasteiger partial charge in [0, 0.05) is 46.2 Å². The number of rotatable bonds is 4. The Labute approximate surface area is 294 Å². The van der Waals surface area contributed by atoms with E-state index in [0.29, 0.717) is 0 Å². The van der Waals surface area contributed by atoms with Crippen LogP contribution >= 0.6 is 0 Å². The zero-order valence-electron chi connectivity index (χ0n) is 27.5. The van der Waals surface area contributed by atoms with Crippen molar-refractivity contribution in [1.82, 2.24) is 9.97 Å². The Bertz CT molecular complexity index is 2780. The highest BCUT2D eigenvalue weighted by atomic mass is 16.3. The molecule has 6 aromatic carbocycles. The van der Waals surface area contributed by atoms with Gasteiger partial charge in [-0.15, -0.1) is 0 Å². The summed E-state index contributed by atoms with van der Waals surface area (Å²) in [4.78, 5) is 11.3. The fraction of sp³-hybridized carbons (Fsp3) is 0.0213. The molecule has 4 heteroatoms. The molecule has 2 aliphatic carbocycles. The van der Waals surface area contributed by atoms with Gasteiger partial charge in [-0.3, -0.25) is 9.97 Å². The molecule has 1 spiro atoms. The average molecular weight is 652 g/mol. The molecule has 0 fully saturated rings. The first kappa shape index (κ1) is 28.1. The van der Waals surface area contributed by atoms with E-state index in [9.17, 15) is 0 Å². The number of hydrogen-bond acceptors (Lipinski definition) is 4. The van der Waals surface area contributed by atoms with Crippen LogP contribution in [0.3, 0.4) is 0 Å². The van der Waals surface area contributed by atoms with Crippen LogP contribution in [0.15, 0.2) is 181 Å². The third kappa shape index (κ3) is 3.84. The third-order valence-electron chi connectivity index (χ3n) is 10.8. The Kier molecular flexibility index (Phi) is 5.84. The smallest absolute Gasteiger partial charge is 0.137 e. The molecule has 0 saturated carbocycles. The van der Waals surface area contributed by atoms with Crippen molar-refractivity contribution in [2.45, 2.75) is 5.41 Å². The van der Waals surface area contributed by atoms with Gasteiger partial charge in [0.15, 0.2) is 0 Å². The van der Waals surface area contributed by atoms with Crippen LogP contribution in [0.25, 0.3) is 55.4 Å². The van der Waals surface area contributed by atoms with E-state index in [1.165, 1.54) is 44.5 Å². The SMILES string of the molecule is c1ccc(-c2cccc(N(c3cccnc3)c3ccc4c(c3)oc3ccc5c(c34)-c3ccccc3C53c4ccccc4-c4ccccc43)c2)nc1. The van der Waals surface area contributed by atoms with Gasteiger partial charge < -0.3 is 9.32 Å². The minimum atomic E-state index is -0.396. The Morgan fingerprint density at radius 2 is 1.20 bits per heavy atom. The Hall–Kier alpha value is -6.78. The number of nitrogens with zero attached hydrogens (tertiary/aromatic N) is 3. The second-order valence-electron chi connectivity index (χ2n) is 13.3. The summed E-state index contributed by atoms with van der Waals surface area (Å²) in [5.74, 6) is 0. The standard InChI is InChI=1S/C47H29N3O/c1-4-17-38-34(14-1)35-15-2-5-18-39(35)47(38)40-19-6-3-16-36(40)45-41(47)23-24-43-46(45)37-22-21-32(28-44(37)51-43)50(33-13-10-25-48-29-33)31-12-9-11-30(27-31)42-20-7-8-26-49-42/h1-29H. The fourth-order valence-corrected chi connectivity index (χ4v) is 8.85. The predicted molar refractivity (Wildman–Crippen MR) is 206 cm³/mol. The molecule has 0 aliphatic heterocycles. The van der Waals surface area contributed by atoms with Gasteiger partial charge in [0.2, 0.25) is 0 Å². The number of anilines is 3. The summed E-state index contributed by atoms with van der Waals surface area (Å²) in [7, 11) is 0. The minimum absolute atomic E-state index is 0.396. The van der Waals surface area contributed by atoms with Crippen molar-refractivity contribution < 1.29 is 4.42 Å². The quantitative estimate of drug-likeness (QED) is 0.190. The van der Waals surface area contributed by atoms with Crippen LogP contribution in [0.2, 0.25) is 0 Å². The van der Waals surface area contributed by atoms with E-state index in [0.717, 1.165) is 50.3 Å². The zero-order valence-corrected chi connectivity index (χ0v) is 27.5. The second-order valence-corrected chi connectivity index (χ2v) is 13.3. The summed E-state index contributed by atoms with van der Waals surface area (Å²) in [6.45, 7) is 0. The monoisotopic (exact) mass is 651 g/mol. The van der Waals surface area contributed by atoms with Crippen molar-refractivity contribution in [2.75, 3.05) is 4.90 Å². The van der Waals surface area contributed by atoms with Crippen LogP contribution in [0.4, 0.5) is 17.1 Å². The molecule has 238 valence electrons. The predicted octanol–water partition coefficient (Wildman–Crippen LogP) is 11.9. The molecule has 0 amide bonds. The Balaban J connectivity index is 1.14. The number of fused-ring (bicyclic) bond motifs is 14. The van der Waals surface area contributed by atoms with Gasteiger partial charge in [-0.2, -0.15) is 0 Å². The molecule has 0 saturated heterocycles. The van der Waals surface area contributed by atoms with Crippen LogP contribution < -0.4 is 4.90 Å². The van der Waals surface area contributed by atoms with E-state index in [4.69, 9.17) is 4.42 Å². The van der Waals surface area contributed by atoms with Gasteiger partial charge >= 0.3 is 0 Å². The lowest BCUT2D eigenvalue weighted by Gasteiger charge is -2.30. The van der Waals surface area contributed by atoms with Crippen LogP contribution in [0.1, 0.15) is 22.3 Å². The molecule has 0 atom stereocenters. The van der Waals surface area contributed by atoms with Gasteiger partial charge in [-0.05, 0) is 99.1 Å². The van der Waals surface area contributed by atoms with Crippen LogP contribution in [0.5, 0.6) is 0 Å². The van der Waals surface area contributed by atoms with Crippen molar-refractivity contribution >= 4 is 39.0 Å². The lowest BCUT2D eigenvalue weighted by atomic mass is 9.70. The number of benzene rings is 6. The summed E-state index contributed by atoms with van der Waals surface area (Å²) < 4.78 is 6.79. The molecular weight excluding hydrogens is 623 g/mol. The average Bonchev–Trinajstić information content (AvgIpc) is 3.82. The van der Waals surface area contributed by atoms with Gasteiger partial charge in [-0.1, -0.05) is 97.1 Å². The first-order chi connectivity index (χ1) is 25.3. The third-order valence-corrected chi connectivity index (χ3v) is 10.8. The Morgan fingerprint density at radius 1 is 0.490 bits per heavy atom. The molecule has 51 heavy (non-hydrogen) atoms. The van der Waals surface area contributed by atoms with E-state index in [1.807, 2.05) is 36.7 Å². The highest BCUT2D eigenvalue weighted by Crippen LogP contribution is 2.64. The van der Waals surface area contributed by atoms with Gasteiger partial charge in [0.05, 0.1) is 23.0 Å². The summed E-state index contributed by atoms with van der Waals surface area (Å²) in [6, 6.07) is 56.5. The maximum absolute atomic E-state index is 6.79. The van der Waals surface area contributed by atoms with Crippen LogP contribution in [-0.2, 0) is 5.41 Å². The molecular formula is C47H29N3O. The van der Waals surface area contributed by atoms with E-state index >= 15 is 0 Å². The van der Waals surface area contributed by atoms with Crippen LogP contribution in [-0.4, -0.2) is 9.97 Å². The zero-order chi connectivity index (χ0) is 33.5. The molecule has 9 aromatic rings. The summed E-state index contributed by atoms with van der Waals surface area (Å²) in [5.41, 5.74) is 16.7. The molecule has 0 unspecified atom stereocenters. The number of furan rings is 1. The van der Waals surface area contributed by atoms with Crippen LogP contribution in [0, 0.1) is 0 Å². The molecule has 3 heterocycles. The maximum atomic E-state index is 6.79. The molecule has 3 aromatic heterocycles. The first-order valence-electron chi connectivity index (χ1n) is 17.3. The van der Waals surface area contributed by atoms with Crippen molar-refractivity contribution in [1.29, 1.82) is 0 Å². The van der Waals surface area contributed by atoms with Crippen molar-refractivity contribution in [2.24, 2.45) is 0 Å². The highest BCUT2D eigenvalue weighted by Gasteiger charge is 2.52. The van der Waals surface area contributed by atoms with Gasteiger partial charge in [-0.25, -0.2) is 0 Å². The normalized spacial score (nSPS) is 13.3. The van der Waals surface area contributed by atoms with Gasteiger partial charge in [0.25, 0.3) is 0 Å².